The number of rotatable bonds is 6. The van der Waals surface area contributed by atoms with Crippen molar-refractivity contribution in [1.82, 2.24) is 4.98 Å². The van der Waals surface area contributed by atoms with Crippen LogP contribution in [-0.4, -0.2) is 16.5 Å². The zero-order valence-electron chi connectivity index (χ0n) is 15.6. The van der Waals surface area contributed by atoms with Crippen LogP contribution in [0.4, 0.5) is 10.1 Å². The number of nitrogens with one attached hydrogen (secondary N) is 1. The molecule has 1 aromatic heterocycles. The van der Waals surface area contributed by atoms with Crippen molar-refractivity contribution in [2.24, 2.45) is 0 Å². The molecule has 3 rings (SSSR count). The molecule has 0 radical (unpaired) electrons. The molecule has 29 heavy (non-hydrogen) atoms. The minimum Gasteiger partial charge on any atom is -0.478 e. The van der Waals surface area contributed by atoms with Gasteiger partial charge in [-0.05, 0) is 56.3 Å². The van der Waals surface area contributed by atoms with Gasteiger partial charge < -0.3 is 14.8 Å². The topological polar surface area (TPSA) is 60.5 Å². The number of pyridine rings is 1. The summed E-state index contributed by atoms with van der Waals surface area (Å²) >= 11 is 12.0. The Kier molecular flexibility index (Phi) is 6.25. The Labute approximate surface area is 177 Å². The Morgan fingerprint density at radius 1 is 1.10 bits per heavy atom. The Morgan fingerprint density at radius 2 is 1.79 bits per heavy atom. The van der Waals surface area contributed by atoms with Crippen LogP contribution in [0.2, 0.25) is 10.0 Å². The molecule has 5 nitrogen and oxygen atoms in total. The molecule has 8 heteroatoms. The van der Waals surface area contributed by atoms with Gasteiger partial charge in [0.25, 0.3) is 5.91 Å². The third kappa shape index (κ3) is 5.37. The van der Waals surface area contributed by atoms with Gasteiger partial charge in [0.2, 0.25) is 5.88 Å². The highest BCUT2D eigenvalue weighted by Gasteiger charge is 2.30. The zero-order valence-corrected chi connectivity index (χ0v) is 17.1. The molecule has 1 N–H and O–H groups in total. The van der Waals surface area contributed by atoms with E-state index in [9.17, 15) is 9.18 Å². The van der Waals surface area contributed by atoms with Crippen molar-refractivity contribution < 1.29 is 18.7 Å². The summed E-state index contributed by atoms with van der Waals surface area (Å²) in [6.45, 7) is 3.21. The summed E-state index contributed by atoms with van der Waals surface area (Å²) in [5, 5.41) is 3.39. The fourth-order valence-corrected chi connectivity index (χ4v) is 2.78. The van der Waals surface area contributed by atoms with E-state index in [2.05, 4.69) is 10.3 Å². The van der Waals surface area contributed by atoms with E-state index in [1.54, 1.807) is 38.1 Å². The molecule has 0 atom stereocenters. The molecule has 0 aliphatic carbocycles. The van der Waals surface area contributed by atoms with Gasteiger partial charge in [-0.3, -0.25) is 4.79 Å². The molecule has 0 saturated carbocycles. The number of benzene rings is 2. The SMILES string of the molecule is CC(C)(Oc1ccc(F)cc1)C(=O)Nc1ccccc1Oc1ncc(Cl)cc1Cl. The highest BCUT2D eigenvalue weighted by Crippen LogP contribution is 2.33. The third-order valence-electron chi connectivity index (χ3n) is 3.85. The maximum Gasteiger partial charge on any atom is 0.268 e. The van der Waals surface area contributed by atoms with Gasteiger partial charge in [0.15, 0.2) is 11.4 Å². The molecule has 1 amide bonds. The second-order valence-corrected chi connectivity index (χ2v) is 7.40. The van der Waals surface area contributed by atoms with E-state index in [1.165, 1.54) is 36.5 Å². The van der Waals surface area contributed by atoms with E-state index in [4.69, 9.17) is 32.7 Å². The minimum absolute atomic E-state index is 0.152. The fraction of sp³-hybridized carbons (Fsp3) is 0.143. The predicted molar refractivity (Wildman–Crippen MR) is 111 cm³/mol. The van der Waals surface area contributed by atoms with Crippen LogP contribution in [0.25, 0.3) is 0 Å². The first kappa shape index (κ1) is 20.9. The summed E-state index contributed by atoms with van der Waals surface area (Å²) < 4.78 is 24.5. The molecule has 0 unspecified atom stereocenters. The van der Waals surface area contributed by atoms with Crippen LogP contribution in [0, 0.1) is 5.82 Å². The van der Waals surface area contributed by atoms with E-state index in [0.29, 0.717) is 22.2 Å². The number of halogens is 3. The lowest BCUT2D eigenvalue weighted by Gasteiger charge is -2.25. The quantitative estimate of drug-likeness (QED) is 0.507. The van der Waals surface area contributed by atoms with Gasteiger partial charge in [0.05, 0.1) is 10.7 Å². The van der Waals surface area contributed by atoms with Crippen LogP contribution in [-0.2, 0) is 4.79 Å². The first-order valence-corrected chi connectivity index (χ1v) is 9.34. The molecule has 0 saturated heterocycles. The number of amides is 1. The third-order valence-corrected chi connectivity index (χ3v) is 4.33. The number of hydrogen-bond acceptors (Lipinski definition) is 4. The summed E-state index contributed by atoms with van der Waals surface area (Å²) in [6, 6.07) is 13.8. The van der Waals surface area contributed by atoms with E-state index in [1.807, 2.05) is 0 Å². The van der Waals surface area contributed by atoms with Gasteiger partial charge in [-0.15, -0.1) is 0 Å². The Morgan fingerprint density at radius 3 is 2.48 bits per heavy atom. The van der Waals surface area contributed by atoms with Gasteiger partial charge in [-0.1, -0.05) is 35.3 Å². The molecule has 0 spiro atoms. The summed E-state index contributed by atoms with van der Waals surface area (Å²) in [5.74, 6) is 0.0520. The predicted octanol–water partition coefficient (Wildman–Crippen LogP) is 6.12. The van der Waals surface area contributed by atoms with Gasteiger partial charge >= 0.3 is 0 Å². The number of carbonyl (C=O) groups is 1. The lowest BCUT2D eigenvalue weighted by atomic mass is 10.1. The van der Waals surface area contributed by atoms with Crippen LogP contribution in [0.1, 0.15) is 13.8 Å². The summed E-state index contributed by atoms with van der Waals surface area (Å²) in [7, 11) is 0. The van der Waals surface area contributed by atoms with Crippen molar-refractivity contribution in [3.8, 4) is 17.4 Å². The van der Waals surface area contributed by atoms with Crippen LogP contribution in [0.5, 0.6) is 17.4 Å². The van der Waals surface area contributed by atoms with E-state index in [-0.39, 0.29) is 16.7 Å². The van der Waals surface area contributed by atoms with Crippen molar-refractivity contribution in [3.63, 3.8) is 0 Å². The number of ether oxygens (including phenoxy) is 2. The highest BCUT2D eigenvalue weighted by atomic mass is 35.5. The van der Waals surface area contributed by atoms with Gasteiger partial charge in [-0.25, -0.2) is 9.37 Å². The van der Waals surface area contributed by atoms with Crippen LogP contribution < -0.4 is 14.8 Å². The Balaban J connectivity index is 1.77. The van der Waals surface area contributed by atoms with Crippen molar-refractivity contribution in [1.29, 1.82) is 0 Å². The van der Waals surface area contributed by atoms with E-state index >= 15 is 0 Å². The van der Waals surface area contributed by atoms with E-state index in [0.717, 1.165) is 0 Å². The van der Waals surface area contributed by atoms with Gasteiger partial charge in [0, 0.05) is 6.20 Å². The second kappa shape index (κ2) is 8.68. The lowest BCUT2D eigenvalue weighted by molar-refractivity contribution is -0.128. The molecule has 0 bridgehead atoms. The first-order valence-electron chi connectivity index (χ1n) is 8.58. The largest absolute Gasteiger partial charge is 0.478 e. The summed E-state index contributed by atoms with van der Waals surface area (Å²) in [6.07, 6.45) is 1.41. The zero-order chi connectivity index (χ0) is 21.0. The Bertz CT molecular complexity index is 1030. The normalized spacial score (nSPS) is 11.1. The summed E-state index contributed by atoms with van der Waals surface area (Å²) in [4.78, 5) is 16.8. The second-order valence-electron chi connectivity index (χ2n) is 6.56. The smallest absolute Gasteiger partial charge is 0.268 e. The maximum absolute atomic E-state index is 13.1. The number of hydrogen-bond donors (Lipinski definition) is 1. The molecule has 0 aliphatic heterocycles. The number of para-hydroxylation sites is 2. The fourth-order valence-electron chi connectivity index (χ4n) is 2.36. The number of carbonyl (C=O) groups excluding carboxylic acids is 1. The average molecular weight is 435 g/mol. The standard InChI is InChI=1S/C21H17Cl2FN2O3/c1-21(2,29-15-9-7-14(24)8-10-15)20(27)26-17-5-3-4-6-18(17)28-19-16(23)11-13(22)12-25-19/h3-12H,1-2H3,(H,26,27). The van der Waals surface area contributed by atoms with Crippen LogP contribution >= 0.6 is 23.2 Å². The molecular weight excluding hydrogens is 418 g/mol. The maximum atomic E-state index is 13.1. The Hall–Kier alpha value is -2.83. The summed E-state index contributed by atoms with van der Waals surface area (Å²) in [5.41, 5.74) is -0.831. The number of aromatic nitrogens is 1. The van der Waals surface area contributed by atoms with Crippen molar-refractivity contribution >= 4 is 34.8 Å². The van der Waals surface area contributed by atoms with Gasteiger partial charge in [0.1, 0.15) is 16.6 Å². The molecular formula is C21H17Cl2FN2O3. The monoisotopic (exact) mass is 434 g/mol. The van der Waals surface area contributed by atoms with Crippen molar-refractivity contribution in [2.75, 3.05) is 5.32 Å². The van der Waals surface area contributed by atoms with E-state index < -0.39 is 11.5 Å². The average Bonchev–Trinajstić information content (AvgIpc) is 2.67. The minimum atomic E-state index is -1.24. The van der Waals surface area contributed by atoms with Crippen molar-refractivity contribution in [2.45, 2.75) is 19.4 Å². The van der Waals surface area contributed by atoms with Crippen LogP contribution in [0.15, 0.2) is 60.8 Å². The molecule has 2 aromatic carbocycles. The number of nitrogens with zero attached hydrogens (tertiary/aromatic N) is 1. The first-order chi connectivity index (χ1) is 13.7. The molecule has 3 aromatic rings. The molecule has 0 fully saturated rings. The molecule has 150 valence electrons. The lowest BCUT2D eigenvalue weighted by Crippen LogP contribution is -2.42. The highest BCUT2D eigenvalue weighted by molar-refractivity contribution is 6.35. The van der Waals surface area contributed by atoms with Gasteiger partial charge in [-0.2, -0.15) is 0 Å². The molecule has 1 heterocycles. The molecule has 0 aliphatic rings. The van der Waals surface area contributed by atoms with Crippen molar-refractivity contribution in [3.05, 3.63) is 76.7 Å². The van der Waals surface area contributed by atoms with Crippen LogP contribution in [0.3, 0.4) is 0 Å². The number of anilines is 1.